The van der Waals surface area contributed by atoms with Crippen LogP contribution in [0.3, 0.4) is 0 Å². The van der Waals surface area contributed by atoms with Gasteiger partial charge in [-0.15, -0.1) is 0 Å². The summed E-state index contributed by atoms with van der Waals surface area (Å²) < 4.78 is 10.8. The molecule has 0 radical (unpaired) electrons. The van der Waals surface area contributed by atoms with Crippen molar-refractivity contribution in [1.82, 2.24) is 0 Å². The first-order valence-electron chi connectivity index (χ1n) is 5.27. The average molecular weight is 220 g/mol. The van der Waals surface area contributed by atoms with Gasteiger partial charge in [-0.25, -0.2) is 0 Å². The van der Waals surface area contributed by atoms with Crippen LogP contribution in [0.25, 0.3) is 11.0 Å². The largest absolute Gasteiger partial charge is 0.497 e. The van der Waals surface area contributed by atoms with Gasteiger partial charge >= 0.3 is 0 Å². The van der Waals surface area contributed by atoms with Crippen LogP contribution in [0.5, 0.6) is 5.75 Å². The maximum Gasteiger partial charge on any atom is 0.134 e. The molecule has 0 aliphatic heterocycles. The molecule has 0 amide bonds. The lowest BCUT2D eigenvalue weighted by Gasteiger charge is -2.14. The van der Waals surface area contributed by atoms with E-state index < -0.39 is 5.60 Å². The average Bonchev–Trinajstić information content (AvgIpc) is 2.55. The lowest BCUT2D eigenvalue weighted by Crippen LogP contribution is -2.21. The summed E-state index contributed by atoms with van der Waals surface area (Å²) in [7, 11) is 1.64. The molecule has 0 aliphatic carbocycles. The number of hydrogen-bond donors (Lipinski definition) is 1. The molecule has 0 bridgehead atoms. The molecule has 1 heterocycles. The second kappa shape index (κ2) is 3.83. The van der Waals surface area contributed by atoms with Gasteiger partial charge in [0.2, 0.25) is 0 Å². The van der Waals surface area contributed by atoms with Gasteiger partial charge in [0.05, 0.1) is 12.7 Å². The molecule has 2 rings (SSSR count). The van der Waals surface area contributed by atoms with Gasteiger partial charge in [0.15, 0.2) is 0 Å². The molecule has 3 heteroatoms. The van der Waals surface area contributed by atoms with Crippen molar-refractivity contribution in [1.29, 1.82) is 0 Å². The fourth-order valence-corrected chi connectivity index (χ4v) is 1.72. The van der Waals surface area contributed by atoms with E-state index in [-0.39, 0.29) is 0 Å². The first-order chi connectivity index (χ1) is 7.48. The third-order valence-corrected chi connectivity index (χ3v) is 2.38. The Morgan fingerprint density at radius 2 is 2.06 bits per heavy atom. The van der Waals surface area contributed by atoms with E-state index in [4.69, 9.17) is 9.15 Å². The zero-order chi connectivity index (χ0) is 11.8. The maximum absolute atomic E-state index is 9.71. The topological polar surface area (TPSA) is 42.6 Å². The number of benzene rings is 1. The zero-order valence-electron chi connectivity index (χ0n) is 9.78. The van der Waals surface area contributed by atoms with Gasteiger partial charge in [0.25, 0.3) is 0 Å². The zero-order valence-corrected chi connectivity index (χ0v) is 9.78. The molecule has 1 aromatic carbocycles. The third kappa shape index (κ3) is 2.36. The Morgan fingerprint density at radius 3 is 2.69 bits per heavy atom. The Hall–Kier alpha value is -1.48. The van der Waals surface area contributed by atoms with Crippen molar-refractivity contribution in [3.05, 3.63) is 30.0 Å². The van der Waals surface area contributed by atoms with E-state index in [1.54, 1.807) is 21.0 Å². The number of furan rings is 1. The molecule has 1 N–H and O–H groups in total. The van der Waals surface area contributed by atoms with E-state index in [0.29, 0.717) is 6.42 Å². The van der Waals surface area contributed by atoms with Crippen LogP contribution in [0.15, 0.2) is 28.7 Å². The highest BCUT2D eigenvalue weighted by Crippen LogP contribution is 2.26. The van der Waals surface area contributed by atoms with Crippen LogP contribution < -0.4 is 4.74 Å². The van der Waals surface area contributed by atoms with Gasteiger partial charge < -0.3 is 14.3 Å². The summed E-state index contributed by atoms with van der Waals surface area (Å²) >= 11 is 0. The summed E-state index contributed by atoms with van der Waals surface area (Å²) in [5.41, 5.74) is 0.0675. The monoisotopic (exact) mass is 220 g/mol. The number of ether oxygens (including phenoxy) is 1. The number of fused-ring (bicyclic) bond motifs is 1. The van der Waals surface area contributed by atoms with Crippen LogP contribution in [0, 0.1) is 0 Å². The van der Waals surface area contributed by atoms with Gasteiger partial charge in [0, 0.05) is 11.8 Å². The summed E-state index contributed by atoms with van der Waals surface area (Å²) in [6.07, 6.45) is 0.504. The number of aliphatic hydroxyl groups is 1. The fourth-order valence-electron chi connectivity index (χ4n) is 1.72. The molecule has 16 heavy (non-hydrogen) atoms. The lowest BCUT2D eigenvalue weighted by atomic mass is 10.0. The van der Waals surface area contributed by atoms with Crippen molar-refractivity contribution in [3.63, 3.8) is 0 Å². The summed E-state index contributed by atoms with van der Waals surface area (Å²) in [5, 5.41) is 10.7. The predicted molar refractivity (Wildman–Crippen MR) is 62.8 cm³/mol. The minimum Gasteiger partial charge on any atom is -0.497 e. The smallest absolute Gasteiger partial charge is 0.134 e. The summed E-state index contributed by atoms with van der Waals surface area (Å²) in [6, 6.07) is 7.60. The van der Waals surface area contributed by atoms with Gasteiger partial charge in [-0.2, -0.15) is 0 Å². The standard InChI is InChI=1S/C13H16O3/c1-13(2,14)8-11-7-9-6-10(15-3)4-5-12(9)16-11/h4-7,14H,8H2,1-3H3. The van der Waals surface area contributed by atoms with E-state index in [1.807, 2.05) is 24.3 Å². The highest BCUT2D eigenvalue weighted by atomic mass is 16.5. The summed E-state index contributed by atoms with van der Waals surface area (Å²) in [5.74, 6) is 1.60. The SMILES string of the molecule is COc1ccc2oc(CC(C)(C)O)cc2c1. The molecule has 0 unspecified atom stereocenters. The predicted octanol–water partition coefficient (Wildman–Crippen LogP) is 2.75. The molecule has 86 valence electrons. The molecular formula is C13H16O3. The molecule has 0 atom stereocenters. The Bertz CT molecular complexity index is 491. The van der Waals surface area contributed by atoms with Crippen molar-refractivity contribution in [2.45, 2.75) is 25.9 Å². The highest BCUT2D eigenvalue weighted by Gasteiger charge is 2.16. The van der Waals surface area contributed by atoms with Crippen molar-refractivity contribution < 1.29 is 14.3 Å². The van der Waals surface area contributed by atoms with Crippen molar-refractivity contribution in [2.75, 3.05) is 7.11 Å². The molecule has 3 nitrogen and oxygen atoms in total. The third-order valence-electron chi connectivity index (χ3n) is 2.38. The van der Waals surface area contributed by atoms with Crippen LogP contribution >= 0.6 is 0 Å². The van der Waals surface area contributed by atoms with Crippen LogP contribution in [-0.4, -0.2) is 17.8 Å². The second-order valence-electron chi connectivity index (χ2n) is 4.61. The minimum atomic E-state index is -0.752. The Kier molecular flexibility index (Phi) is 2.64. The van der Waals surface area contributed by atoms with Crippen LogP contribution in [-0.2, 0) is 6.42 Å². The number of methoxy groups -OCH3 is 1. The molecular weight excluding hydrogens is 204 g/mol. The van der Waals surface area contributed by atoms with E-state index in [9.17, 15) is 5.11 Å². The minimum absolute atomic E-state index is 0.504. The number of rotatable bonds is 3. The molecule has 0 saturated heterocycles. The molecule has 1 aromatic heterocycles. The van der Waals surface area contributed by atoms with Crippen molar-refractivity contribution in [2.24, 2.45) is 0 Å². The molecule has 0 fully saturated rings. The Balaban J connectivity index is 2.36. The Morgan fingerprint density at radius 1 is 1.31 bits per heavy atom. The van der Waals surface area contributed by atoms with E-state index in [1.165, 1.54) is 0 Å². The summed E-state index contributed by atoms with van der Waals surface area (Å²) in [4.78, 5) is 0. The lowest BCUT2D eigenvalue weighted by molar-refractivity contribution is 0.0757. The quantitative estimate of drug-likeness (QED) is 0.864. The fraction of sp³-hybridized carbons (Fsp3) is 0.385. The van der Waals surface area contributed by atoms with E-state index in [0.717, 1.165) is 22.5 Å². The van der Waals surface area contributed by atoms with Gasteiger partial charge in [-0.1, -0.05) is 0 Å². The molecule has 0 spiro atoms. The van der Waals surface area contributed by atoms with Crippen LogP contribution in [0.2, 0.25) is 0 Å². The first kappa shape index (κ1) is 11.0. The van der Waals surface area contributed by atoms with Crippen molar-refractivity contribution >= 4 is 11.0 Å². The van der Waals surface area contributed by atoms with Crippen molar-refractivity contribution in [3.8, 4) is 5.75 Å². The van der Waals surface area contributed by atoms with E-state index in [2.05, 4.69) is 0 Å². The first-order valence-corrected chi connectivity index (χ1v) is 5.27. The summed E-state index contributed by atoms with van der Waals surface area (Å²) in [6.45, 7) is 3.53. The van der Waals surface area contributed by atoms with Crippen LogP contribution in [0.4, 0.5) is 0 Å². The molecule has 0 saturated carbocycles. The van der Waals surface area contributed by atoms with Gasteiger partial charge in [-0.3, -0.25) is 0 Å². The van der Waals surface area contributed by atoms with Gasteiger partial charge in [-0.05, 0) is 38.1 Å². The normalized spacial score (nSPS) is 12.0. The van der Waals surface area contributed by atoms with Crippen LogP contribution in [0.1, 0.15) is 19.6 Å². The van der Waals surface area contributed by atoms with E-state index >= 15 is 0 Å². The highest BCUT2D eigenvalue weighted by molar-refractivity contribution is 5.79. The second-order valence-corrected chi connectivity index (χ2v) is 4.61. The maximum atomic E-state index is 9.71. The molecule has 0 aliphatic rings. The Labute approximate surface area is 94.6 Å². The van der Waals surface area contributed by atoms with Gasteiger partial charge in [0.1, 0.15) is 17.1 Å². The molecule has 2 aromatic rings. The number of hydrogen-bond acceptors (Lipinski definition) is 3.